The molecule has 0 spiro atoms. The summed E-state index contributed by atoms with van der Waals surface area (Å²) in [5, 5.41) is 0.578. The smallest absolute Gasteiger partial charge is 0.270 e. The van der Waals surface area contributed by atoms with E-state index in [4.69, 9.17) is 17.3 Å². The van der Waals surface area contributed by atoms with Crippen LogP contribution < -0.4 is 5.73 Å². The number of hydrogen-bond donors (Lipinski definition) is 2. The van der Waals surface area contributed by atoms with Crippen LogP contribution in [0.15, 0.2) is 12.3 Å². The number of hydrogen-bond acceptors (Lipinski definition) is 3. The van der Waals surface area contributed by atoms with Gasteiger partial charge in [-0.15, -0.1) is 0 Å². The number of carbonyl (C=O) groups excluding carboxylic acids is 1. The third kappa shape index (κ3) is 2.85. The molecule has 2 saturated heterocycles. The summed E-state index contributed by atoms with van der Waals surface area (Å²) in [5.74, 6) is 0.0492. The molecular weight excluding hydrogens is 276 g/mol. The van der Waals surface area contributed by atoms with Crippen LogP contribution in [0.5, 0.6) is 0 Å². The number of nitrogens with two attached hydrogens (primary N) is 1. The molecule has 110 valence electrons. The van der Waals surface area contributed by atoms with Gasteiger partial charge < -0.3 is 15.6 Å². The standard InChI is InChI=1S/C14H21ClN4O/c15-10-7-13(17-8-10)14(20)19-6-3-12(9-19)18-4-1-11(16)2-5-18/h7-8,11-12,17H,1-6,9,16H2. The van der Waals surface area contributed by atoms with Crippen molar-refractivity contribution in [3.05, 3.63) is 23.0 Å². The lowest BCUT2D eigenvalue weighted by Gasteiger charge is -2.34. The number of rotatable bonds is 2. The molecule has 0 radical (unpaired) electrons. The molecule has 3 N–H and O–H groups in total. The van der Waals surface area contributed by atoms with Gasteiger partial charge in [0.15, 0.2) is 0 Å². The number of piperidine rings is 1. The van der Waals surface area contributed by atoms with Crippen LogP contribution in [-0.4, -0.2) is 59.0 Å². The first-order valence-corrected chi connectivity index (χ1v) is 7.64. The lowest BCUT2D eigenvalue weighted by molar-refractivity contribution is 0.0764. The molecule has 0 aromatic carbocycles. The molecule has 1 amide bonds. The minimum atomic E-state index is 0.0492. The highest BCUT2D eigenvalue weighted by Gasteiger charge is 2.32. The normalized spacial score (nSPS) is 25.3. The van der Waals surface area contributed by atoms with Crippen LogP contribution in [0.2, 0.25) is 5.02 Å². The highest BCUT2D eigenvalue weighted by atomic mass is 35.5. The van der Waals surface area contributed by atoms with Gasteiger partial charge in [0.1, 0.15) is 5.69 Å². The summed E-state index contributed by atoms with van der Waals surface area (Å²) in [6.45, 7) is 3.75. The number of H-pyrrole nitrogens is 1. The topological polar surface area (TPSA) is 65.4 Å². The Bertz CT molecular complexity index is 481. The van der Waals surface area contributed by atoms with Gasteiger partial charge in [0.2, 0.25) is 0 Å². The van der Waals surface area contributed by atoms with E-state index in [9.17, 15) is 4.79 Å². The molecule has 5 nitrogen and oxygen atoms in total. The van der Waals surface area contributed by atoms with Gasteiger partial charge in [-0.25, -0.2) is 0 Å². The molecule has 2 aliphatic heterocycles. The second-order valence-electron chi connectivity index (χ2n) is 5.80. The van der Waals surface area contributed by atoms with Gasteiger partial charge in [-0.2, -0.15) is 0 Å². The number of likely N-dealkylation sites (tertiary alicyclic amines) is 2. The average Bonchev–Trinajstić information content (AvgIpc) is 3.08. The van der Waals surface area contributed by atoms with Crippen molar-refractivity contribution in [3.63, 3.8) is 0 Å². The Kier molecular flexibility index (Phi) is 4.01. The van der Waals surface area contributed by atoms with E-state index in [-0.39, 0.29) is 5.91 Å². The summed E-state index contributed by atoms with van der Waals surface area (Å²) in [4.78, 5) is 19.7. The monoisotopic (exact) mass is 296 g/mol. The van der Waals surface area contributed by atoms with Crippen LogP contribution in [0, 0.1) is 0 Å². The fourth-order valence-corrected chi connectivity index (χ4v) is 3.33. The number of nitrogens with one attached hydrogen (secondary N) is 1. The Balaban J connectivity index is 1.58. The molecule has 0 aliphatic carbocycles. The predicted octanol–water partition coefficient (Wildman–Crippen LogP) is 1.31. The molecule has 20 heavy (non-hydrogen) atoms. The summed E-state index contributed by atoms with van der Waals surface area (Å²) in [6.07, 6.45) is 4.83. The van der Waals surface area contributed by atoms with Crippen molar-refractivity contribution in [2.45, 2.75) is 31.3 Å². The van der Waals surface area contributed by atoms with Crippen molar-refractivity contribution in [1.29, 1.82) is 0 Å². The van der Waals surface area contributed by atoms with Gasteiger partial charge in [0, 0.05) is 31.4 Å². The molecule has 3 rings (SSSR count). The van der Waals surface area contributed by atoms with Crippen LogP contribution in [-0.2, 0) is 0 Å². The molecule has 3 heterocycles. The first kappa shape index (κ1) is 13.9. The van der Waals surface area contributed by atoms with Crippen molar-refractivity contribution in [3.8, 4) is 0 Å². The zero-order valence-electron chi connectivity index (χ0n) is 11.5. The number of aromatic amines is 1. The van der Waals surface area contributed by atoms with E-state index in [1.165, 1.54) is 0 Å². The summed E-state index contributed by atoms with van der Waals surface area (Å²) in [5.41, 5.74) is 6.52. The third-order valence-electron chi connectivity index (χ3n) is 4.42. The molecule has 1 unspecified atom stereocenters. The van der Waals surface area contributed by atoms with Gasteiger partial charge >= 0.3 is 0 Å². The number of halogens is 1. The van der Waals surface area contributed by atoms with E-state index >= 15 is 0 Å². The fraction of sp³-hybridized carbons (Fsp3) is 0.643. The Morgan fingerprint density at radius 3 is 2.70 bits per heavy atom. The van der Waals surface area contributed by atoms with Gasteiger partial charge in [-0.3, -0.25) is 9.69 Å². The van der Waals surface area contributed by atoms with Crippen LogP contribution in [0.1, 0.15) is 29.8 Å². The lowest BCUT2D eigenvalue weighted by atomic mass is 10.0. The number of aromatic nitrogens is 1. The molecule has 1 aromatic heterocycles. The second kappa shape index (κ2) is 5.76. The maximum Gasteiger partial charge on any atom is 0.270 e. The molecular formula is C14H21ClN4O. The van der Waals surface area contributed by atoms with Crippen LogP contribution in [0.4, 0.5) is 0 Å². The number of nitrogens with zero attached hydrogens (tertiary/aromatic N) is 2. The van der Waals surface area contributed by atoms with E-state index in [1.807, 2.05) is 4.90 Å². The maximum absolute atomic E-state index is 12.3. The van der Waals surface area contributed by atoms with E-state index in [0.29, 0.717) is 22.8 Å². The molecule has 2 fully saturated rings. The summed E-state index contributed by atoms with van der Waals surface area (Å²) in [7, 11) is 0. The van der Waals surface area contributed by atoms with Crippen molar-refractivity contribution in [1.82, 2.24) is 14.8 Å². The van der Waals surface area contributed by atoms with Crippen molar-refractivity contribution in [2.24, 2.45) is 5.73 Å². The largest absolute Gasteiger partial charge is 0.356 e. The predicted molar refractivity (Wildman–Crippen MR) is 78.9 cm³/mol. The van der Waals surface area contributed by atoms with Crippen LogP contribution in [0.3, 0.4) is 0 Å². The van der Waals surface area contributed by atoms with Crippen LogP contribution in [0.25, 0.3) is 0 Å². The SMILES string of the molecule is NC1CCN(C2CCN(C(=O)c3cc(Cl)c[nH]3)C2)CC1. The Labute approximate surface area is 124 Å². The van der Waals surface area contributed by atoms with Gasteiger partial charge in [-0.05, 0) is 38.4 Å². The lowest BCUT2D eigenvalue weighted by Crippen LogP contribution is -2.46. The highest BCUT2D eigenvalue weighted by Crippen LogP contribution is 2.22. The summed E-state index contributed by atoms with van der Waals surface area (Å²) >= 11 is 5.85. The third-order valence-corrected chi connectivity index (χ3v) is 4.64. The van der Waals surface area contributed by atoms with E-state index in [0.717, 1.165) is 45.4 Å². The summed E-state index contributed by atoms with van der Waals surface area (Å²) in [6, 6.07) is 2.53. The second-order valence-corrected chi connectivity index (χ2v) is 6.24. The average molecular weight is 297 g/mol. The Hall–Kier alpha value is -1.04. The molecule has 6 heteroatoms. The van der Waals surface area contributed by atoms with Crippen LogP contribution >= 0.6 is 11.6 Å². The number of amides is 1. The minimum Gasteiger partial charge on any atom is -0.356 e. The molecule has 1 aromatic rings. The highest BCUT2D eigenvalue weighted by molar-refractivity contribution is 6.30. The molecule has 0 bridgehead atoms. The maximum atomic E-state index is 12.3. The minimum absolute atomic E-state index is 0.0492. The Morgan fingerprint density at radius 1 is 1.30 bits per heavy atom. The fourth-order valence-electron chi connectivity index (χ4n) is 3.17. The first-order chi connectivity index (χ1) is 9.63. The van der Waals surface area contributed by atoms with Crippen molar-refractivity contribution in [2.75, 3.05) is 26.2 Å². The molecule has 2 aliphatic rings. The molecule has 0 saturated carbocycles. The first-order valence-electron chi connectivity index (χ1n) is 7.26. The van der Waals surface area contributed by atoms with Crippen molar-refractivity contribution >= 4 is 17.5 Å². The van der Waals surface area contributed by atoms with E-state index < -0.39 is 0 Å². The zero-order valence-corrected chi connectivity index (χ0v) is 12.3. The van der Waals surface area contributed by atoms with Gasteiger partial charge in [0.05, 0.1) is 5.02 Å². The van der Waals surface area contributed by atoms with E-state index in [1.54, 1.807) is 12.3 Å². The van der Waals surface area contributed by atoms with Crippen molar-refractivity contribution < 1.29 is 4.79 Å². The van der Waals surface area contributed by atoms with E-state index in [2.05, 4.69) is 9.88 Å². The summed E-state index contributed by atoms with van der Waals surface area (Å²) < 4.78 is 0. The Morgan fingerprint density at radius 2 is 2.05 bits per heavy atom. The quantitative estimate of drug-likeness (QED) is 0.865. The van der Waals surface area contributed by atoms with Gasteiger partial charge in [0.25, 0.3) is 5.91 Å². The molecule has 1 atom stereocenters. The zero-order chi connectivity index (χ0) is 14.1. The van der Waals surface area contributed by atoms with Gasteiger partial charge in [-0.1, -0.05) is 11.6 Å². The number of carbonyl (C=O) groups is 1.